The van der Waals surface area contributed by atoms with Gasteiger partial charge < -0.3 is 5.32 Å². The van der Waals surface area contributed by atoms with Crippen LogP contribution in [0.1, 0.15) is 12.6 Å². The Morgan fingerprint density at radius 2 is 2.30 bits per heavy atom. The van der Waals surface area contributed by atoms with Gasteiger partial charge in [0.1, 0.15) is 0 Å². The highest BCUT2D eigenvalue weighted by Gasteiger charge is 2.11. The Morgan fingerprint density at radius 3 is 2.95 bits per heavy atom. The van der Waals surface area contributed by atoms with Crippen LogP contribution >= 0.6 is 27.7 Å². The average Bonchev–Trinajstić information content (AvgIpc) is 2.82. The molecule has 0 fully saturated rings. The zero-order chi connectivity index (χ0) is 14.4. The van der Waals surface area contributed by atoms with Gasteiger partial charge in [0.25, 0.3) is 0 Å². The molecule has 2 aromatic rings. The van der Waals surface area contributed by atoms with Crippen molar-refractivity contribution in [1.29, 1.82) is 0 Å². The third kappa shape index (κ3) is 4.92. The van der Waals surface area contributed by atoms with Crippen LogP contribution in [-0.2, 0) is 13.5 Å². The second kappa shape index (κ2) is 7.81. The van der Waals surface area contributed by atoms with Gasteiger partial charge in [-0.2, -0.15) is 0 Å². The van der Waals surface area contributed by atoms with E-state index in [0.717, 1.165) is 28.9 Å². The molecule has 108 valence electrons. The maximum absolute atomic E-state index is 4.16. The van der Waals surface area contributed by atoms with Gasteiger partial charge in [-0.1, -0.05) is 34.1 Å². The van der Waals surface area contributed by atoms with E-state index in [-0.39, 0.29) is 0 Å². The van der Waals surface area contributed by atoms with Crippen LogP contribution in [0.15, 0.2) is 39.8 Å². The number of halogens is 1. The van der Waals surface area contributed by atoms with E-state index in [1.807, 2.05) is 31.1 Å². The molecule has 1 aromatic carbocycles. The molecule has 1 aromatic heterocycles. The minimum Gasteiger partial charge on any atom is -0.313 e. The van der Waals surface area contributed by atoms with Crippen molar-refractivity contribution in [3.63, 3.8) is 0 Å². The van der Waals surface area contributed by atoms with Crippen molar-refractivity contribution < 1.29 is 0 Å². The van der Waals surface area contributed by atoms with Crippen molar-refractivity contribution in [2.45, 2.75) is 24.3 Å². The quantitative estimate of drug-likeness (QED) is 0.776. The van der Waals surface area contributed by atoms with E-state index in [4.69, 9.17) is 0 Å². The van der Waals surface area contributed by atoms with Gasteiger partial charge >= 0.3 is 0 Å². The van der Waals surface area contributed by atoms with Crippen LogP contribution in [0, 0.1) is 0 Å². The Kier molecular flexibility index (Phi) is 6.06. The Morgan fingerprint density at radius 1 is 1.45 bits per heavy atom. The van der Waals surface area contributed by atoms with Crippen LogP contribution in [0.4, 0.5) is 0 Å². The summed E-state index contributed by atoms with van der Waals surface area (Å²) in [6.45, 7) is 3.09. The second-order valence-corrected chi connectivity index (χ2v) is 6.62. The van der Waals surface area contributed by atoms with Crippen molar-refractivity contribution in [3.05, 3.63) is 40.6 Å². The molecule has 0 saturated carbocycles. The molecule has 4 nitrogen and oxygen atoms in total. The third-order valence-corrected chi connectivity index (χ3v) is 4.50. The molecule has 0 aliphatic rings. The summed E-state index contributed by atoms with van der Waals surface area (Å²) < 4.78 is 2.87. The Hall–Kier alpha value is -0.850. The number of aryl methyl sites for hydroxylation is 1. The van der Waals surface area contributed by atoms with Gasteiger partial charge in [0.15, 0.2) is 0 Å². The van der Waals surface area contributed by atoms with Crippen molar-refractivity contribution in [1.82, 2.24) is 20.3 Å². The number of benzene rings is 1. The minimum atomic E-state index is 0.403. The highest BCUT2D eigenvalue weighted by atomic mass is 79.9. The summed E-state index contributed by atoms with van der Waals surface area (Å²) in [6, 6.07) is 8.81. The molecule has 0 amide bonds. The van der Waals surface area contributed by atoms with Crippen molar-refractivity contribution in [2.24, 2.45) is 7.05 Å². The van der Waals surface area contributed by atoms with Gasteiger partial charge in [-0.25, -0.2) is 0 Å². The zero-order valence-electron chi connectivity index (χ0n) is 11.7. The summed E-state index contributed by atoms with van der Waals surface area (Å²) >= 11 is 5.37. The van der Waals surface area contributed by atoms with Crippen LogP contribution in [0.3, 0.4) is 0 Å². The van der Waals surface area contributed by atoms with Gasteiger partial charge in [-0.15, -0.1) is 16.9 Å². The predicted molar refractivity (Wildman–Crippen MR) is 87.0 cm³/mol. The SMILES string of the molecule is CCNC(CSc1cccc(Br)c1)Cc1cn(C)nn1. The minimum absolute atomic E-state index is 0.403. The molecule has 1 heterocycles. The molecule has 1 unspecified atom stereocenters. The first-order valence-electron chi connectivity index (χ1n) is 6.64. The predicted octanol–water partition coefficient (Wildman–Crippen LogP) is 2.89. The molecule has 0 spiro atoms. The number of nitrogens with zero attached hydrogens (tertiary/aromatic N) is 3. The molecule has 0 aliphatic heterocycles. The second-order valence-electron chi connectivity index (χ2n) is 4.61. The summed E-state index contributed by atoms with van der Waals surface area (Å²) in [7, 11) is 1.90. The number of hydrogen-bond donors (Lipinski definition) is 1. The van der Waals surface area contributed by atoms with Crippen LogP contribution in [0.5, 0.6) is 0 Å². The lowest BCUT2D eigenvalue weighted by atomic mass is 10.2. The van der Waals surface area contributed by atoms with Crippen molar-refractivity contribution in [2.75, 3.05) is 12.3 Å². The lowest BCUT2D eigenvalue weighted by Crippen LogP contribution is -2.33. The van der Waals surface area contributed by atoms with Crippen LogP contribution < -0.4 is 5.32 Å². The highest BCUT2D eigenvalue weighted by molar-refractivity contribution is 9.10. The summed E-state index contributed by atoms with van der Waals surface area (Å²) in [5.41, 5.74) is 1.04. The maximum atomic E-state index is 4.16. The summed E-state index contributed by atoms with van der Waals surface area (Å²) in [4.78, 5) is 1.28. The van der Waals surface area contributed by atoms with Gasteiger partial charge in [-0.05, 0) is 24.7 Å². The number of hydrogen-bond acceptors (Lipinski definition) is 4. The molecule has 2 rings (SSSR count). The number of thioether (sulfide) groups is 1. The monoisotopic (exact) mass is 354 g/mol. The maximum Gasteiger partial charge on any atom is 0.0842 e. The van der Waals surface area contributed by atoms with Gasteiger partial charge in [-0.3, -0.25) is 4.68 Å². The van der Waals surface area contributed by atoms with E-state index in [2.05, 4.69) is 56.7 Å². The Bertz CT molecular complexity index is 543. The van der Waals surface area contributed by atoms with Crippen LogP contribution in [0.25, 0.3) is 0 Å². The molecule has 0 bridgehead atoms. The normalized spacial score (nSPS) is 12.6. The summed E-state index contributed by atoms with van der Waals surface area (Å²) in [6.07, 6.45) is 2.89. The standard InChI is InChI=1S/C14H19BrN4S/c1-3-16-13(8-12-9-19(2)18-17-12)10-20-14-6-4-5-11(15)7-14/h4-7,9,13,16H,3,8,10H2,1-2H3. The van der Waals surface area contributed by atoms with Gasteiger partial charge in [0.05, 0.1) is 5.69 Å². The van der Waals surface area contributed by atoms with Gasteiger partial charge in [0, 0.05) is 40.8 Å². The lowest BCUT2D eigenvalue weighted by Gasteiger charge is -2.16. The van der Waals surface area contributed by atoms with Crippen LogP contribution in [-0.4, -0.2) is 33.3 Å². The molecular weight excluding hydrogens is 336 g/mol. The molecule has 6 heteroatoms. The molecule has 1 N–H and O–H groups in total. The number of aromatic nitrogens is 3. The number of likely N-dealkylation sites (N-methyl/N-ethyl adjacent to an activating group) is 1. The first-order chi connectivity index (χ1) is 9.67. The molecule has 20 heavy (non-hydrogen) atoms. The Labute approximate surface area is 132 Å². The fourth-order valence-corrected chi connectivity index (χ4v) is 3.54. The van der Waals surface area contributed by atoms with E-state index in [9.17, 15) is 0 Å². The molecule has 0 saturated heterocycles. The number of rotatable bonds is 7. The van der Waals surface area contributed by atoms with Gasteiger partial charge in [0.2, 0.25) is 0 Å². The summed E-state index contributed by atoms with van der Waals surface area (Å²) in [5, 5.41) is 11.7. The van der Waals surface area contributed by atoms with E-state index in [0.29, 0.717) is 6.04 Å². The fraction of sp³-hybridized carbons (Fsp3) is 0.429. The van der Waals surface area contributed by atoms with Crippen LogP contribution in [0.2, 0.25) is 0 Å². The van der Waals surface area contributed by atoms with Crippen molar-refractivity contribution in [3.8, 4) is 0 Å². The molecular formula is C14H19BrN4S. The fourth-order valence-electron chi connectivity index (χ4n) is 1.97. The van der Waals surface area contributed by atoms with E-state index in [1.165, 1.54) is 4.90 Å². The first kappa shape index (κ1) is 15.5. The van der Waals surface area contributed by atoms with E-state index < -0.39 is 0 Å². The molecule has 1 atom stereocenters. The highest BCUT2D eigenvalue weighted by Crippen LogP contribution is 2.23. The lowest BCUT2D eigenvalue weighted by molar-refractivity contribution is 0.566. The van der Waals surface area contributed by atoms with E-state index >= 15 is 0 Å². The molecule has 0 radical (unpaired) electrons. The van der Waals surface area contributed by atoms with E-state index in [1.54, 1.807) is 4.68 Å². The smallest absolute Gasteiger partial charge is 0.0842 e. The largest absolute Gasteiger partial charge is 0.313 e. The third-order valence-electron chi connectivity index (χ3n) is 2.85. The zero-order valence-corrected chi connectivity index (χ0v) is 14.1. The topological polar surface area (TPSA) is 42.7 Å². The average molecular weight is 355 g/mol. The first-order valence-corrected chi connectivity index (χ1v) is 8.42. The Balaban J connectivity index is 1.91. The number of nitrogens with one attached hydrogen (secondary N) is 1. The van der Waals surface area contributed by atoms with Crippen molar-refractivity contribution >= 4 is 27.7 Å². The molecule has 0 aliphatic carbocycles. The summed E-state index contributed by atoms with van der Waals surface area (Å²) in [5.74, 6) is 1.01.